The molecule has 2 aromatic rings. The maximum Gasteiger partial charge on any atom is 0.337 e. The molecule has 6 atom stereocenters. The Morgan fingerprint density at radius 3 is 2.42 bits per heavy atom. The number of carboxylic acids is 1. The summed E-state index contributed by atoms with van der Waals surface area (Å²) in [6.07, 6.45) is 6.70. The van der Waals surface area contributed by atoms with Gasteiger partial charge in [0.05, 0.1) is 28.6 Å². The average molecular weight is 437 g/mol. The van der Waals surface area contributed by atoms with Crippen LogP contribution in [0.2, 0.25) is 5.02 Å². The minimum Gasteiger partial charge on any atom is -0.478 e. The maximum atomic E-state index is 12.9. The van der Waals surface area contributed by atoms with Crippen LogP contribution in [-0.4, -0.2) is 34.1 Å². The molecule has 7 rings (SSSR count). The predicted molar refractivity (Wildman–Crippen MR) is 110 cm³/mol. The molecule has 1 saturated heterocycles. The third-order valence-corrected chi connectivity index (χ3v) is 7.38. The smallest absolute Gasteiger partial charge is 0.337 e. The van der Waals surface area contributed by atoms with Gasteiger partial charge in [-0.1, -0.05) is 23.8 Å². The molecule has 31 heavy (non-hydrogen) atoms. The van der Waals surface area contributed by atoms with E-state index in [0.29, 0.717) is 28.9 Å². The van der Waals surface area contributed by atoms with Crippen molar-refractivity contribution in [1.82, 2.24) is 5.01 Å². The Balaban J connectivity index is 1.24. The Morgan fingerprint density at radius 2 is 1.77 bits per heavy atom. The molecule has 7 nitrogen and oxygen atoms in total. The number of rotatable bonds is 4. The van der Waals surface area contributed by atoms with Gasteiger partial charge in [-0.15, -0.1) is 0 Å². The first kappa shape index (κ1) is 18.6. The number of hydrogen-bond donors (Lipinski definition) is 1. The predicted octanol–water partition coefficient (Wildman–Crippen LogP) is 3.69. The van der Waals surface area contributed by atoms with Gasteiger partial charge in [0.2, 0.25) is 0 Å². The standard InChI is InChI=1S/C23H17ClN2O5/c24-17-5-1-10(7-16(17)23(29)30)18-6-2-11(31-18)9-25-26-21(27)19-12-3-4-13(15-8-14(12)15)20(19)22(26)28/h1-7,9,12-15,19-20H,8H2,(H,29,30)/t12-,13-,14-,15-,19-,20+/m0/s1. The van der Waals surface area contributed by atoms with Crippen LogP contribution in [0.1, 0.15) is 22.5 Å². The van der Waals surface area contributed by atoms with Crippen molar-refractivity contribution in [2.45, 2.75) is 6.42 Å². The fourth-order valence-electron chi connectivity index (χ4n) is 5.59. The number of hydrazone groups is 1. The number of allylic oxidation sites excluding steroid dienone is 2. The summed E-state index contributed by atoms with van der Waals surface area (Å²) in [4.78, 5) is 37.2. The largest absolute Gasteiger partial charge is 0.478 e. The van der Waals surface area contributed by atoms with E-state index in [1.54, 1.807) is 18.2 Å². The van der Waals surface area contributed by atoms with E-state index >= 15 is 0 Å². The number of carbonyl (C=O) groups is 3. The van der Waals surface area contributed by atoms with E-state index in [4.69, 9.17) is 16.0 Å². The summed E-state index contributed by atoms with van der Waals surface area (Å²) >= 11 is 5.92. The van der Waals surface area contributed by atoms with E-state index in [-0.39, 0.29) is 46.1 Å². The van der Waals surface area contributed by atoms with Crippen LogP contribution in [0.3, 0.4) is 0 Å². The molecule has 1 N–H and O–H groups in total. The van der Waals surface area contributed by atoms with E-state index in [1.165, 1.54) is 18.3 Å². The minimum absolute atomic E-state index is 0.0251. The highest BCUT2D eigenvalue weighted by Gasteiger charge is 2.67. The van der Waals surface area contributed by atoms with Gasteiger partial charge >= 0.3 is 5.97 Å². The highest BCUT2D eigenvalue weighted by Crippen LogP contribution is 2.65. The Labute approximate surface area is 182 Å². The zero-order chi connectivity index (χ0) is 21.4. The van der Waals surface area contributed by atoms with Gasteiger partial charge in [-0.25, -0.2) is 4.79 Å². The first-order chi connectivity index (χ1) is 14.9. The topological polar surface area (TPSA) is 100 Å². The molecule has 3 fully saturated rings. The van der Waals surface area contributed by atoms with Crippen molar-refractivity contribution < 1.29 is 23.9 Å². The quantitative estimate of drug-likeness (QED) is 0.447. The third kappa shape index (κ3) is 2.66. The lowest BCUT2D eigenvalue weighted by Crippen LogP contribution is -2.40. The van der Waals surface area contributed by atoms with Crippen LogP contribution < -0.4 is 0 Å². The summed E-state index contributed by atoms with van der Waals surface area (Å²) in [7, 11) is 0. The van der Waals surface area contributed by atoms with Gasteiger partial charge in [0.15, 0.2) is 0 Å². The van der Waals surface area contributed by atoms with Crippen LogP contribution in [0.4, 0.5) is 0 Å². The summed E-state index contributed by atoms with van der Waals surface area (Å²) in [6, 6.07) is 7.89. The lowest BCUT2D eigenvalue weighted by Gasteiger charge is -2.37. The van der Waals surface area contributed by atoms with Crippen molar-refractivity contribution in [1.29, 1.82) is 0 Å². The summed E-state index contributed by atoms with van der Waals surface area (Å²) in [6.45, 7) is 0. The third-order valence-electron chi connectivity index (χ3n) is 7.05. The number of carbonyl (C=O) groups excluding carboxylic acids is 2. The summed E-state index contributed by atoms with van der Waals surface area (Å²) < 4.78 is 5.73. The number of furan rings is 1. The Hall–Kier alpha value is -3.19. The highest BCUT2D eigenvalue weighted by atomic mass is 35.5. The minimum atomic E-state index is -1.13. The average Bonchev–Trinajstić information content (AvgIpc) is 3.39. The van der Waals surface area contributed by atoms with Gasteiger partial charge < -0.3 is 9.52 Å². The molecule has 2 bridgehead atoms. The van der Waals surface area contributed by atoms with Crippen molar-refractivity contribution >= 4 is 35.6 Å². The van der Waals surface area contributed by atoms with Crippen LogP contribution in [0.5, 0.6) is 0 Å². The lowest BCUT2D eigenvalue weighted by atomic mass is 9.63. The molecular weight excluding hydrogens is 420 g/mol. The van der Waals surface area contributed by atoms with Crippen LogP contribution >= 0.6 is 11.6 Å². The fourth-order valence-corrected chi connectivity index (χ4v) is 5.79. The number of amides is 2. The Morgan fingerprint density at radius 1 is 1.10 bits per heavy atom. The van der Waals surface area contributed by atoms with Gasteiger partial charge in [-0.05, 0) is 60.4 Å². The first-order valence-electron chi connectivity index (χ1n) is 10.2. The Bertz CT molecular complexity index is 1180. The number of nitrogens with zero attached hydrogens (tertiary/aromatic N) is 2. The van der Waals surface area contributed by atoms with Crippen molar-refractivity contribution in [2.24, 2.45) is 40.6 Å². The molecule has 0 radical (unpaired) electrons. The Kier molecular flexibility index (Phi) is 3.84. The summed E-state index contributed by atoms with van der Waals surface area (Å²) in [5.74, 6) is -0.0124. The monoisotopic (exact) mass is 436 g/mol. The number of aromatic carboxylic acids is 1. The molecule has 156 valence electrons. The zero-order valence-corrected chi connectivity index (χ0v) is 16.9. The second-order valence-electron chi connectivity index (χ2n) is 8.59. The molecule has 4 aliphatic carbocycles. The SMILES string of the molecule is O=C(O)c1cc(-c2ccc(C=NN3C(=O)[C@@H]4[C@H]5C=C[C@@H]([C@@H]6C[C@@H]56)[C@@H]4C3=O)o2)ccc1Cl. The molecule has 2 amide bonds. The van der Waals surface area contributed by atoms with E-state index in [9.17, 15) is 19.5 Å². The van der Waals surface area contributed by atoms with Gasteiger partial charge in [0.25, 0.3) is 11.8 Å². The number of imide groups is 1. The van der Waals surface area contributed by atoms with E-state index < -0.39 is 5.97 Å². The highest BCUT2D eigenvalue weighted by molar-refractivity contribution is 6.33. The van der Waals surface area contributed by atoms with E-state index in [1.807, 2.05) is 0 Å². The maximum absolute atomic E-state index is 12.9. The van der Waals surface area contributed by atoms with Crippen molar-refractivity contribution in [2.75, 3.05) is 0 Å². The molecule has 0 unspecified atom stereocenters. The molecule has 0 spiro atoms. The summed E-state index contributed by atoms with van der Waals surface area (Å²) in [5, 5.41) is 14.5. The normalized spacial score (nSPS) is 32.6. The molecule has 8 heteroatoms. The number of hydrogen-bond acceptors (Lipinski definition) is 5. The lowest BCUT2D eigenvalue weighted by molar-refractivity contribution is -0.140. The summed E-state index contributed by atoms with van der Waals surface area (Å²) in [5.41, 5.74) is 0.519. The molecule has 1 aliphatic heterocycles. The van der Waals surface area contributed by atoms with Gasteiger partial charge in [-0.3, -0.25) is 9.59 Å². The molecular formula is C23H17ClN2O5. The van der Waals surface area contributed by atoms with Crippen LogP contribution in [0.25, 0.3) is 11.3 Å². The van der Waals surface area contributed by atoms with Crippen molar-refractivity contribution in [3.8, 4) is 11.3 Å². The van der Waals surface area contributed by atoms with Gasteiger partial charge in [-0.2, -0.15) is 10.1 Å². The first-order valence-corrected chi connectivity index (χ1v) is 10.5. The fraction of sp³-hybridized carbons (Fsp3) is 0.304. The van der Waals surface area contributed by atoms with Crippen molar-refractivity contribution in [3.63, 3.8) is 0 Å². The number of halogens is 1. The number of carboxylic acid groups (broad SMARTS) is 1. The van der Waals surface area contributed by atoms with Gasteiger partial charge in [0.1, 0.15) is 11.5 Å². The van der Waals surface area contributed by atoms with E-state index in [0.717, 1.165) is 11.4 Å². The second kappa shape index (κ2) is 6.40. The van der Waals surface area contributed by atoms with Gasteiger partial charge in [0, 0.05) is 5.56 Å². The van der Waals surface area contributed by atoms with Crippen LogP contribution in [-0.2, 0) is 9.59 Å². The van der Waals surface area contributed by atoms with E-state index in [2.05, 4.69) is 17.3 Å². The van der Waals surface area contributed by atoms with Crippen LogP contribution in [0.15, 0.2) is 52.0 Å². The number of benzene rings is 1. The molecule has 5 aliphatic rings. The molecule has 1 aromatic heterocycles. The van der Waals surface area contributed by atoms with Crippen molar-refractivity contribution in [3.05, 3.63) is 58.8 Å². The molecule has 2 saturated carbocycles. The van der Waals surface area contributed by atoms with Crippen LogP contribution in [0, 0.1) is 35.5 Å². The molecule has 1 aromatic carbocycles. The second-order valence-corrected chi connectivity index (χ2v) is 9.00. The zero-order valence-electron chi connectivity index (χ0n) is 16.1. The molecule has 2 heterocycles.